The van der Waals surface area contributed by atoms with Crippen LogP contribution in [-0.4, -0.2) is 70.7 Å². The minimum absolute atomic E-state index is 0.0894. The normalized spacial score (nSPS) is 16.2. The van der Waals surface area contributed by atoms with Gasteiger partial charge in [-0.25, -0.2) is 19.2 Å². The highest BCUT2D eigenvalue weighted by Gasteiger charge is 2.36. The van der Waals surface area contributed by atoms with E-state index in [0.29, 0.717) is 37.6 Å². The number of nitrogens with zero attached hydrogens (tertiary/aromatic N) is 5. The number of nitrogens with one attached hydrogen (secondary N) is 3. The zero-order valence-corrected chi connectivity index (χ0v) is 21.1. The van der Waals surface area contributed by atoms with Gasteiger partial charge in [0.1, 0.15) is 5.82 Å². The van der Waals surface area contributed by atoms with Crippen LogP contribution in [0.15, 0.2) is 42.6 Å². The van der Waals surface area contributed by atoms with Gasteiger partial charge in [-0.2, -0.15) is 4.98 Å². The first-order chi connectivity index (χ1) is 18.2. The molecule has 0 radical (unpaired) electrons. The van der Waals surface area contributed by atoms with Crippen LogP contribution in [0.25, 0.3) is 0 Å². The fourth-order valence-corrected chi connectivity index (χ4v) is 4.09. The van der Waals surface area contributed by atoms with Crippen LogP contribution in [0.1, 0.15) is 13.8 Å². The number of benzene rings is 1. The maximum atomic E-state index is 14.5. The van der Waals surface area contributed by atoms with Gasteiger partial charge in [-0.15, -0.1) is 0 Å². The number of piperazine rings is 1. The Kier molecular flexibility index (Phi) is 6.57. The van der Waals surface area contributed by atoms with Gasteiger partial charge in [0, 0.05) is 37.6 Å². The fourth-order valence-electron chi connectivity index (χ4n) is 4.09. The lowest BCUT2D eigenvalue weighted by Gasteiger charge is -2.35. The predicted molar refractivity (Wildman–Crippen MR) is 139 cm³/mol. The van der Waals surface area contributed by atoms with Gasteiger partial charge in [0.2, 0.25) is 5.95 Å². The maximum absolute atomic E-state index is 14.5. The maximum Gasteiger partial charge on any atom is 0.409 e. The van der Waals surface area contributed by atoms with E-state index in [1.165, 1.54) is 7.11 Å². The summed E-state index contributed by atoms with van der Waals surface area (Å²) in [6.45, 7) is 5.76. The smallest absolute Gasteiger partial charge is 0.409 e. The summed E-state index contributed by atoms with van der Waals surface area (Å²) in [7, 11) is 1.38. The van der Waals surface area contributed by atoms with Crippen molar-refractivity contribution in [1.29, 1.82) is 0 Å². The van der Waals surface area contributed by atoms with E-state index < -0.39 is 11.4 Å². The molecule has 0 unspecified atom stereocenters. The Hall–Kier alpha value is -4.68. The van der Waals surface area contributed by atoms with Gasteiger partial charge in [0.15, 0.2) is 28.8 Å². The molecule has 2 amide bonds. The number of aromatic nitrogens is 3. The predicted octanol–water partition coefficient (Wildman–Crippen LogP) is 3.50. The van der Waals surface area contributed by atoms with Gasteiger partial charge in [-0.3, -0.25) is 4.79 Å². The van der Waals surface area contributed by atoms with Crippen LogP contribution in [-0.2, 0) is 9.53 Å². The summed E-state index contributed by atoms with van der Waals surface area (Å²) in [5.41, 5.74) is 0.660. The highest BCUT2D eigenvalue weighted by atomic mass is 19.1. The first-order valence-corrected chi connectivity index (χ1v) is 12.0. The Morgan fingerprint density at radius 1 is 1.13 bits per heavy atom. The van der Waals surface area contributed by atoms with Gasteiger partial charge in [-0.1, -0.05) is 6.07 Å². The molecular formula is C25H27FN8O4. The largest absolute Gasteiger partial charge is 0.474 e. The molecule has 3 aromatic rings. The first-order valence-electron chi connectivity index (χ1n) is 12.0. The Bertz CT molecular complexity index is 1380. The third-order valence-corrected chi connectivity index (χ3v) is 6.17. The molecule has 198 valence electrons. The van der Waals surface area contributed by atoms with Crippen LogP contribution in [0.2, 0.25) is 0 Å². The number of hydrogen-bond acceptors (Lipinski definition) is 10. The second-order valence-electron chi connectivity index (χ2n) is 9.24. The number of rotatable bonds is 5. The van der Waals surface area contributed by atoms with Crippen molar-refractivity contribution in [3.63, 3.8) is 0 Å². The van der Waals surface area contributed by atoms with Crippen LogP contribution < -0.4 is 25.6 Å². The van der Waals surface area contributed by atoms with Crippen molar-refractivity contribution < 1.29 is 23.5 Å². The van der Waals surface area contributed by atoms with Crippen molar-refractivity contribution in [2.45, 2.75) is 19.4 Å². The molecule has 0 bridgehead atoms. The number of halogens is 1. The molecule has 0 spiro atoms. The van der Waals surface area contributed by atoms with Gasteiger partial charge in [0.25, 0.3) is 5.91 Å². The summed E-state index contributed by atoms with van der Waals surface area (Å²) in [6.07, 6.45) is 0.727. The monoisotopic (exact) mass is 522 g/mol. The van der Waals surface area contributed by atoms with E-state index in [1.807, 2.05) is 24.3 Å². The molecule has 5 rings (SSSR count). The second-order valence-corrected chi connectivity index (χ2v) is 9.24. The van der Waals surface area contributed by atoms with Crippen molar-refractivity contribution in [3.8, 4) is 5.75 Å². The first kappa shape index (κ1) is 25.0. The van der Waals surface area contributed by atoms with E-state index in [4.69, 9.17) is 9.47 Å². The number of carbonyl (C=O) groups is 2. The van der Waals surface area contributed by atoms with E-state index in [1.54, 1.807) is 30.9 Å². The third-order valence-electron chi connectivity index (χ3n) is 6.17. The van der Waals surface area contributed by atoms with E-state index >= 15 is 0 Å². The molecule has 38 heavy (non-hydrogen) atoms. The zero-order valence-electron chi connectivity index (χ0n) is 21.1. The lowest BCUT2D eigenvalue weighted by molar-refractivity contribution is -0.129. The van der Waals surface area contributed by atoms with Crippen molar-refractivity contribution >= 4 is 46.8 Å². The average Bonchev–Trinajstić information content (AvgIpc) is 2.91. The summed E-state index contributed by atoms with van der Waals surface area (Å²) in [5, 5.41) is 8.63. The summed E-state index contributed by atoms with van der Waals surface area (Å²) in [6, 6.07) is 10.9. The summed E-state index contributed by atoms with van der Waals surface area (Å²) >= 11 is 0. The lowest BCUT2D eigenvalue weighted by atomic mass is 10.1. The Labute approximate surface area is 218 Å². The standard InChI is InChI=1S/C25H27FN8O4/c1-25(2)22(35)31-21-18(38-25)7-8-19(30-21)29-20-17(26)14-27-23(32-20)28-15-5-4-6-16(13-15)33-9-11-34(12-10-33)24(36)37-3/h4-8,13-14H,9-12H2,1-3H3,(H3,27,28,29,30,31,32,35). The average molecular weight is 523 g/mol. The Balaban J connectivity index is 1.28. The van der Waals surface area contributed by atoms with E-state index in [9.17, 15) is 14.0 Å². The Morgan fingerprint density at radius 2 is 1.92 bits per heavy atom. The molecule has 1 saturated heterocycles. The number of carbonyl (C=O) groups excluding carboxylic acids is 2. The van der Waals surface area contributed by atoms with Gasteiger partial charge >= 0.3 is 6.09 Å². The molecular weight excluding hydrogens is 495 g/mol. The third kappa shape index (κ3) is 5.21. The van der Waals surface area contributed by atoms with Crippen molar-refractivity contribution in [2.75, 3.05) is 54.1 Å². The molecule has 2 aliphatic heterocycles. The molecule has 0 atom stereocenters. The number of hydrogen-bond donors (Lipinski definition) is 3. The number of fused-ring (bicyclic) bond motifs is 1. The van der Waals surface area contributed by atoms with Gasteiger partial charge in [-0.05, 0) is 44.2 Å². The minimum atomic E-state index is -1.02. The van der Waals surface area contributed by atoms with Crippen molar-refractivity contribution in [3.05, 3.63) is 48.4 Å². The SMILES string of the molecule is COC(=O)N1CCN(c2cccc(Nc3ncc(F)c(Nc4ccc5c(n4)NC(=O)C(C)(C)O5)n3)c2)CC1. The molecule has 3 N–H and O–H groups in total. The molecule has 0 saturated carbocycles. The van der Waals surface area contributed by atoms with E-state index in [0.717, 1.165) is 11.9 Å². The molecule has 2 aromatic heterocycles. The second kappa shape index (κ2) is 10.00. The number of pyridine rings is 1. The molecule has 4 heterocycles. The quantitative estimate of drug-likeness (QED) is 0.457. The minimum Gasteiger partial charge on any atom is -0.474 e. The molecule has 0 aliphatic carbocycles. The summed E-state index contributed by atoms with van der Waals surface area (Å²) in [5.74, 6) is -0.000369. The van der Waals surface area contributed by atoms with E-state index in [2.05, 4.69) is 35.8 Å². The Morgan fingerprint density at radius 3 is 2.68 bits per heavy atom. The van der Waals surface area contributed by atoms with Crippen LogP contribution in [0, 0.1) is 5.82 Å². The number of anilines is 6. The topological polar surface area (TPSA) is 134 Å². The zero-order chi connectivity index (χ0) is 26.9. The highest BCUT2D eigenvalue weighted by Crippen LogP contribution is 2.33. The molecule has 2 aliphatic rings. The lowest BCUT2D eigenvalue weighted by Crippen LogP contribution is -2.48. The molecule has 1 fully saturated rings. The van der Waals surface area contributed by atoms with Crippen molar-refractivity contribution in [2.24, 2.45) is 0 Å². The van der Waals surface area contributed by atoms with Gasteiger partial charge < -0.3 is 35.2 Å². The van der Waals surface area contributed by atoms with Crippen LogP contribution in [0.3, 0.4) is 0 Å². The molecule has 13 heteroatoms. The molecule has 12 nitrogen and oxygen atoms in total. The van der Waals surface area contributed by atoms with Crippen molar-refractivity contribution in [1.82, 2.24) is 19.9 Å². The fraction of sp³-hybridized carbons (Fsp3) is 0.320. The van der Waals surface area contributed by atoms with Crippen LogP contribution >= 0.6 is 0 Å². The van der Waals surface area contributed by atoms with E-state index in [-0.39, 0.29) is 35.4 Å². The van der Waals surface area contributed by atoms with Crippen LogP contribution in [0.4, 0.5) is 44.0 Å². The molecule has 1 aromatic carbocycles. The summed E-state index contributed by atoms with van der Waals surface area (Å²) in [4.78, 5) is 40.4. The van der Waals surface area contributed by atoms with Gasteiger partial charge in [0.05, 0.1) is 13.3 Å². The summed E-state index contributed by atoms with van der Waals surface area (Å²) < 4.78 is 25.0. The highest BCUT2D eigenvalue weighted by molar-refractivity contribution is 5.99. The number of ether oxygens (including phenoxy) is 2. The van der Waals surface area contributed by atoms with Crippen LogP contribution in [0.5, 0.6) is 5.75 Å². The number of methoxy groups -OCH3 is 1. The number of amides is 2.